The lowest BCUT2D eigenvalue weighted by Crippen LogP contribution is -2.43. The number of hydrogen-bond acceptors (Lipinski definition) is 8. The molecule has 2 N–H and O–H groups in total. The molecule has 1 aliphatic heterocycles. The molecule has 172 valence electrons. The van der Waals surface area contributed by atoms with E-state index in [4.69, 9.17) is 14.2 Å². The molecule has 0 spiro atoms. The first-order valence-electron chi connectivity index (χ1n) is 9.78. The molecule has 4 amide bonds. The van der Waals surface area contributed by atoms with Crippen LogP contribution in [0.4, 0.5) is 5.69 Å². The summed E-state index contributed by atoms with van der Waals surface area (Å²) < 4.78 is 15.1. The van der Waals surface area contributed by atoms with E-state index < -0.39 is 24.4 Å². The van der Waals surface area contributed by atoms with Crippen molar-refractivity contribution in [3.05, 3.63) is 53.6 Å². The summed E-state index contributed by atoms with van der Waals surface area (Å²) in [6.45, 7) is -0.643. The first-order valence-corrected chi connectivity index (χ1v) is 9.78. The fourth-order valence-corrected chi connectivity index (χ4v) is 3.04. The highest BCUT2D eigenvalue weighted by atomic mass is 16.5. The Labute approximate surface area is 188 Å². The number of esters is 1. The predicted octanol–water partition coefficient (Wildman–Crippen LogP) is 0.975. The molecule has 1 saturated heterocycles. The summed E-state index contributed by atoms with van der Waals surface area (Å²) >= 11 is 0. The lowest BCUT2D eigenvalue weighted by Gasteiger charge is -2.14. The van der Waals surface area contributed by atoms with Crippen molar-refractivity contribution < 1.29 is 38.2 Å². The van der Waals surface area contributed by atoms with Gasteiger partial charge in [0.25, 0.3) is 11.8 Å². The Morgan fingerprint density at radius 3 is 2.06 bits per heavy atom. The van der Waals surface area contributed by atoms with Gasteiger partial charge in [0, 0.05) is 18.4 Å². The quantitative estimate of drug-likeness (QED) is 0.358. The van der Waals surface area contributed by atoms with E-state index in [2.05, 4.69) is 10.9 Å². The van der Waals surface area contributed by atoms with Crippen LogP contribution in [0.1, 0.15) is 33.6 Å². The molecule has 33 heavy (non-hydrogen) atoms. The molecule has 0 radical (unpaired) electrons. The van der Waals surface area contributed by atoms with Gasteiger partial charge in [-0.3, -0.25) is 34.9 Å². The molecular weight excluding hydrogens is 434 g/mol. The van der Waals surface area contributed by atoms with Crippen molar-refractivity contribution in [2.24, 2.45) is 0 Å². The molecule has 2 aromatic rings. The fourth-order valence-electron chi connectivity index (χ4n) is 3.04. The van der Waals surface area contributed by atoms with Gasteiger partial charge >= 0.3 is 5.97 Å². The minimum absolute atomic E-state index is 0.125. The number of benzene rings is 2. The Kier molecular flexibility index (Phi) is 7.24. The summed E-state index contributed by atoms with van der Waals surface area (Å²) in [5.74, 6) is -1.99. The normalized spacial score (nSPS) is 12.8. The molecule has 1 fully saturated rings. The van der Waals surface area contributed by atoms with E-state index in [9.17, 15) is 24.0 Å². The average Bonchev–Trinajstić information content (AvgIpc) is 3.18. The lowest BCUT2D eigenvalue weighted by molar-refractivity contribution is -0.125. The highest BCUT2D eigenvalue weighted by molar-refractivity contribution is 6.19. The van der Waals surface area contributed by atoms with Crippen molar-refractivity contribution in [3.63, 3.8) is 0 Å². The standard InChI is InChI=1S/C22H21N3O8/c1-31-16-8-5-14(11-17(16)32-2)21(29)24-23-18(26)12-33-22(30)13-3-6-15(7-4-13)25-19(27)9-10-20(25)28/h3-8,11H,9-10,12H2,1-2H3,(H,23,26)(H,24,29). The van der Waals surface area contributed by atoms with Crippen LogP contribution in [-0.2, 0) is 19.1 Å². The summed E-state index contributed by atoms with van der Waals surface area (Å²) in [4.78, 5) is 60.8. The zero-order chi connectivity index (χ0) is 24.0. The zero-order valence-corrected chi connectivity index (χ0v) is 17.9. The van der Waals surface area contributed by atoms with E-state index in [1.807, 2.05) is 0 Å². The van der Waals surface area contributed by atoms with E-state index in [0.29, 0.717) is 17.2 Å². The second kappa shape index (κ2) is 10.3. The number of ether oxygens (including phenoxy) is 3. The van der Waals surface area contributed by atoms with Crippen molar-refractivity contribution in [2.75, 3.05) is 25.7 Å². The molecule has 0 atom stereocenters. The maximum absolute atomic E-state index is 12.2. The largest absolute Gasteiger partial charge is 0.493 e. The van der Waals surface area contributed by atoms with E-state index in [1.54, 1.807) is 0 Å². The molecular formula is C22H21N3O8. The van der Waals surface area contributed by atoms with Crippen LogP contribution in [0.5, 0.6) is 11.5 Å². The second-order valence-electron chi connectivity index (χ2n) is 6.82. The van der Waals surface area contributed by atoms with E-state index in [-0.39, 0.29) is 35.8 Å². The van der Waals surface area contributed by atoms with Gasteiger partial charge in [-0.1, -0.05) is 0 Å². The van der Waals surface area contributed by atoms with Crippen molar-refractivity contribution in [2.45, 2.75) is 12.8 Å². The number of methoxy groups -OCH3 is 2. The summed E-state index contributed by atoms with van der Waals surface area (Å²) in [6, 6.07) is 10.1. The van der Waals surface area contributed by atoms with Crippen LogP contribution in [0.2, 0.25) is 0 Å². The Morgan fingerprint density at radius 2 is 1.45 bits per heavy atom. The number of amides is 4. The van der Waals surface area contributed by atoms with Crippen molar-refractivity contribution in [1.29, 1.82) is 0 Å². The van der Waals surface area contributed by atoms with Crippen LogP contribution in [0, 0.1) is 0 Å². The maximum Gasteiger partial charge on any atom is 0.338 e. The molecule has 2 aromatic carbocycles. The molecule has 11 nitrogen and oxygen atoms in total. The zero-order valence-electron chi connectivity index (χ0n) is 17.9. The maximum atomic E-state index is 12.2. The van der Waals surface area contributed by atoms with Crippen LogP contribution in [-0.4, -0.2) is 50.4 Å². The molecule has 1 heterocycles. The Balaban J connectivity index is 1.48. The van der Waals surface area contributed by atoms with Gasteiger partial charge in [-0.15, -0.1) is 0 Å². The number of hydrogen-bond donors (Lipinski definition) is 2. The molecule has 0 aromatic heterocycles. The molecule has 0 aliphatic carbocycles. The summed E-state index contributed by atoms with van der Waals surface area (Å²) in [6.07, 6.45) is 0.306. The van der Waals surface area contributed by atoms with Crippen molar-refractivity contribution in [3.8, 4) is 11.5 Å². The highest BCUT2D eigenvalue weighted by Gasteiger charge is 2.30. The summed E-state index contributed by atoms with van der Waals surface area (Å²) in [5.41, 5.74) is 5.03. The Hall–Kier alpha value is -4.41. The predicted molar refractivity (Wildman–Crippen MR) is 114 cm³/mol. The van der Waals surface area contributed by atoms with Gasteiger partial charge in [0.05, 0.1) is 25.5 Å². The number of nitrogens with zero attached hydrogens (tertiary/aromatic N) is 1. The van der Waals surface area contributed by atoms with Gasteiger partial charge in [0.1, 0.15) is 0 Å². The van der Waals surface area contributed by atoms with Crippen LogP contribution in [0.3, 0.4) is 0 Å². The first-order chi connectivity index (χ1) is 15.8. The minimum Gasteiger partial charge on any atom is -0.493 e. The molecule has 0 saturated carbocycles. The van der Waals surface area contributed by atoms with E-state index >= 15 is 0 Å². The third-order valence-electron chi connectivity index (χ3n) is 4.71. The first kappa shape index (κ1) is 23.3. The molecule has 0 unspecified atom stereocenters. The topological polar surface area (TPSA) is 140 Å². The van der Waals surface area contributed by atoms with Gasteiger partial charge in [-0.2, -0.15) is 0 Å². The number of hydrazine groups is 1. The number of anilines is 1. The lowest BCUT2D eigenvalue weighted by atomic mass is 10.2. The van der Waals surface area contributed by atoms with Gasteiger partial charge in [0.15, 0.2) is 18.1 Å². The van der Waals surface area contributed by atoms with Gasteiger partial charge in [-0.25, -0.2) is 4.79 Å². The molecule has 11 heteroatoms. The Morgan fingerprint density at radius 1 is 0.848 bits per heavy atom. The fraction of sp³-hybridized carbons (Fsp3) is 0.227. The molecule has 3 rings (SSSR count). The van der Waals surface area contributed by atoms with Crippen LogP contribution in [0.25, 0.3) is 0 Å². The van der Waals surface area contributed by atoms with Crippen molar-refractivity contribution in [1.82, 2.24) is 10.9 Å². The average molecular weight is 455 g/mol. The van der Waals surface area contributed by atoms with Crippen LogP contribution >= 0.6 is 0 Å². The Bertz CT molecular complexity index is 1080. The number of rotatable bonds is 7. The second-order valence-corrected chi connectivity index (χ2v) is 6.82. The number of nitrogens with one attached hydrogen (secondary N) is 2. The third kappa shape index (κ3) is 5.45. The van der Waals surface area contributed by atoms with Gasteiger partial charge in [0.2, 0.25) is 11.8 Å². The van der Waals surface area contributed by atoms with E-state index in [1.165, 1.54) is 56.7 Å². The SMILES string of the molecule is COc1ccc(C(=O)NNC(=O)COC(=O)c2ccc(N3C(=O)CCC3=O)cc2)cc1OC. The molecule has 0 bridgehead atoms. The minimum atomic E-state index is -0.790. The number of carbonyl (C=O) groups excluding carboxylic acids is 5. The summed E-state index contributed by atoms with van der Waals surface area (Å²) in [5, 5.41) is 0. The number of carbonyl (C=O) groups is 5. The molecule has 1 aliphatic rings. The highest BCUT2D eigenvalue weighted by Crippen LogP contribution is 2.27. The number of imide groups is 1. The van der Waals surface area contributed by atoms with Gasteiger partial charge < -0.3 is 14.2 Å². The van der Waals surface area contributed by atoms with E-state index in [0.717, 1.165) is 4.90 Å². The van der Waals surface area contributed by atoms with Gasteiger partial charge in [-0.05, 0) is 42.5 Å². The summed E-state index contributed by atoms with van der Waals surface area (Å²) in [7, 11) is 2.89. The van der Waals surface area contributed by atoms with Crippen molar-refractivity contribution >= 4 is 35.3 Å². The monoisotopic (exact) mass is 455 g/mol. The van der Waals surface area contributed by atoms with Crippen LogP contribution < -0.4 is 25.2 Å². The van der Waals surface area contributed by atoms with Crippen LogP contribution in [0.15, 0.2) is 42.5 Å². The third-order valence-corrected chi connectivity index (χ3v) is 4.71. The smallest absolute Gasteiger partial charge is 0.338 e.